The van der Waals surface area contributed by atoms with Crippen LogP contribution < -0.4 is 21.3 Å². The smallest absolute Gasteiger partial charge is 0.258 e. The Hall–Kier alpha value is -4.31. The molecule has 2 aliphatic heterocycles. The summed E-state index contributed by atoms with van der Waals surface area (Å²) in [7, 11) is 0. The van der Waals surface area contributed by atoms with Crippen LogP contribution in [0.15, 0.2) is 49.3 Å². The molecule has 1 atom stereocenters. The van der Waals surface area contributed by atoms with Gasteiger partial charge < -0.3 is 26.3 Å². The van der Waals surface area contributed by atoms with Crippen LogP contribution in [-0.4, -0.2) is 52.3 Å². The molecule has 184 valence electrons. The number of fused-ring (bicyclic) bond motifs is 2. The number of amides is 3. The molecule has 5 heterocycles. The molecule has 0 radical (unpaired) electrons. The predicted octanol–water partition coefficient (Wildman–Crippen LogP) is 2.52. The average molecular weight is 486 g/mol. The maximum absolute atomic E-state index is 12.9. The van der Waals surface area contributed by atoms with Crippen molar-refractivity contribution in [3.8, 4) is 11.3 Å². The van der Waals surface area contributed by atoms with Crippen molar-refractivity contribution in [2.45, 2.75) is 25.2 Å². The van der Waals surface area contributed by atoms with E-state index in [9.17, 15) is 14.4 Å². The summed E-state index contributed by atoms with van der Waals surface area (Å²) in [5.41, 5.74) is 4.31. The van der Waals surface area contributed by atoms with E-state index >= 15 is 0 Å². The minimum atomic E-state index is -0.418. The summed E-state index contributed by atoms with van der Waals surface area (Å²) in [6.07, 6.45) is 6.22. The second-order valence-electron chi connectivity index (χ2n) is 9.15. The van der Waals surface area contributed by atoms with Crippen molar-refractivity contribution in [1.29, 1.82) is 0 Å². The predicted molar refractivity (Wildman–Crippen MR) is 136 cm³/mol. The van der Waals surface area contributed by atoms with Gasteiger partial charge >= 0.3 is 0 Å². The van der Waals surface area contributed by atoms with Crippen molar-refractivity contribution in [2.24, 2.45) is 0 Å². The number of aromatic nitrogens is 3. The molecule has 0 aliphatic carbocycles. The number of pyridine rings is 2. The number of aromatic amines is 1. The van der Waals surface area contributed by atoms with Crippen LogP contribution in [0.25, 0.3) is 11.3 Å². The third-order valence-corrected chi connectivity index (χ3v) is 6.76. The zero-order chi connectivity index (χ0) is 25.3. The highest BCUT2D eigenvalue weighted by molar-refractivity contribution is 6.06. The molecule has 10 nitrogen and oxygen atoms in total. The summed E-state index contributed by atoms with van der Waals surface area (Å²) in [5, 5.41) is 11.9. The standard InChI is InChI=1S/C26H27N7O3/c1-3-22(34)31-19-9-17(12-29-15(19)2)24(35)33-21-10-16(5-8-28-21)20-11-18-23(32-20)26(14-30-25(18)36)6-4-7-27-13-26/h3,5,8-12,27,32H,1,4,6-7,13-14H2,2H3,(H,30,36)(H,31,34)(H,28,33,35). The second kappa shape index (κ2) is 9.38. The Bertz CT molecular complexity index is 1370. The molecule has 1 fully saturated rings. The first-order valence-electron chi connectivity index (χ1n) is 11.8. The number of piperidine rings is 1. The Balaban J connectivity index is 1.39. The van der Waals surface area contributed by atoms with Crippen LogP contribution in [0.5, 0.6) is 0 Å². The summed E-state index contributed by atoms with van der Waals surface area (Å²) in [6, 6.07) is 6.99. The molecule has 5 rings (SSSR count). The maximum atomic E-state index is 12.9. The summed E-state index contributed by atoms with van der Waals surface area (Å²) in [6.45, 7) is 7.55. The summed E-state index contributed by atoms with van der Waals surface area (Å²) >= 11 is 0. The first kappa shape index (κ1) is 23.4. The molecule has 0 aromatic carbocycles. The third-order valence-electron chi connectivity index (χ3n) is 6.76. The van der Waals surface area contributed by atoms with Gasteiger partial charge in [0.1, 0.15) is 5.82 Å². The van der Waals surface area contributed by atoms with Gasteiger partial charge in [-0.2, -0.15) is 0 Å². The number of anilines is 2. The maximum Gasteiger partial charge on any atom is 0.258 e. The fraction of sp³-hybridized carbons (Fsp3) is 0.269. The van der Waals surface area contributed by atoms with Crippen molar-refractivity contribution in [2.75, 3.05) is 30.3 Å². The SMILES string of the molecule is C=CC(=O)Nc1cc(C(=O)Nc2cc(-c3cc4c([nH]3)C3(CCCNC3)CNC4=O)ccn2)cnc1C. The average Bonchev–Trinajstić information content (AvgIpc) is 3.36. The van der Waals surface area contributed by atoms with Gasteiger partial charge in [-0.3, -0.25) is 19.4 Å². The molecule has 3 aromatic rings. The zero-order valence-electron chi connectivity index (χ0n) is 19.9. The third kappa shape index (κ3) is 4.38. The van der Waals surface area contributed by atoms with E-state index in [4.69, 9.17) is 0 Å². The van der Waals surface area contributed by atoms with Crippen LogP contribution in [0.4, 0.5) is 11.5 Å². The lowest BCUT2D eigenvalue weighted by Gasteiger charge is -2.40. The van der Waals surface area contributed by atoms with E-state index in [1.807, 2.05) is 12.1 Å². The lowest BCUT2D eigenvalue weighted by Crippen LogP contribution is -2.54. The van der Waals surface area contributed by atoms with Gasteiger partial charge in [0.05, 0.1) is 22.5 Å². The minimum absolute atomic E-state index is 0.0856. The first-order valence-corrected chi connectivity index (χ1v) is 11.8. The van der Waals surface area contributed by atoms with E-state index in [0.717, 1.165) is 49.0 Å². The van der Waals surface area contributed by atoms with Gasteiger partial charge in [0.2, 0.25) is 5.91 Å². The van der Waals surface area contributed by atoms with Crippen molar-refractivity contribution in [1.82, 2.24) is 25.6 Å². The topological polar surface area (TPSA) is 141 Å². The molecule has 0 bridgehead atoms. The number of hydrogen-bond donors (Lipinski definition) is 5. The number of rotatable bonds is 5. The molecule has 1 spiro atoms. The van der Waals surface area contributed by atoms with Gasteiger partial charge in [0.15, 0.2) is 0 Å². The Morgan fingerprint density at radius 2 is 2.03 bits per heavy atom. The van der Waals surface area contributed by atoms with E-state index in [2.05, 4.69) is 42.8 Å². The Labute approximate surface area is 208 Å². The fourth-order valence-corrected chi connectivity index (χ4v) is 4.80. The second-order valence-corrected chi connectivity index (χ2v) is 9.15. The van der Waals surface area contributed by atoms with E-state index in [-0.39, 0.29) is 22.8 Å². The van der Waals surface area contributed by atoms with E-state index in [0.29, 0.717) is 29.3 Å². The number of hydrogen-bond acceptors (Lipinski definition) is 6. The number of nitrogens with zero attached hydrogens (tertiary/aromatic N) is 2. The number of carbonyl (C=O) groups is 3. The molecule has 1 saturated heterocycles. The number of nitrogens with one attached hydrogen (secondary N) is 5. The molecule has 3 aromatic heterocycles. The Kier molecular flexibility index (Phi) is 6.11. The van der Waals surface area contributed by atoms with Gasteiger partial charge in [-0.15, -0.1) is 0 Å². The van der Waals surface area contributed by atoms with Crippen LogP contribution in [0.1, 0.15) is 44.9 Å². The molecule has 36 heavy (non-hydrogen) atoms. The molecule has 1 unspecified atom stereocenters. The van der Waals surface area contributed by atoms with Crippen molar-refractivity contribution >= 4 is 29.2 Å². The van der Waals surface area contributed by atoms with E-state index in [1.165, 1.54) is 6.20 Å². The number of H-pyrrole nitrogens is 1. The number of aryl methyl sites for hydroxylation is 1. The first-order chi connectivity index (χ1) is 17.4. The molecule has 5 N–H and O–H groups in total. The lowest BCUT2D eigenvalue weighted by atomic mass is 9.74. The van der Waals surface area contributed by atoms with Gasteiger partial charge in [0, 0.05) is 47.8 Å². The van der Waals surface area contributed by atoms with Crippen molar-refractivity contribution < 1.29 is 14.4 Å². The molecule has 2 aliphatic rings. The number of carbonyl (C=O) groups excluding carboxylic acids is 3. The highest BCUT2D eigenvalue weighted by Crippen LogP contribution is 2.37. The van der Waals surface area contributed by atoms with E-state index < -0.39 is 5.91 Å². The highest BCUT2D eigenvalue weighted by Gasteiger charge is 2.42. The molecule has 3 amide bonds. The van der Waals surface area contributed by atoms with Crippen LogP contribution >= 0.6 is 0 Å². The van der Waals surface area contributed by atoms with Crippen molar-refractivity contribution in [3.63, 3.8) is 0 Å². The normalized spacial score (nSPS) is 18.8. The van der Waals surface area contributed by atoms with Crippen molar-refractivity contribution in [3.05, 3.63) is 71.8 Å². The van der Waals surface area contributed by atoms with E-state index in [1.54, 1.807) is 25.3 Å². The summed E-state index contributed by atoms with van der Waals surface area (Å²) < 4.78 is 0. The molecular formula is C26H27N7O3. The summed E-state index contributed by atoms with van der Waals surface area (Å²) in [5.74, 6) is -0.545. The summed E-state index contributed by atoms with van der Waals surface area (Å²) in [4.78, 5) is 49.1. The lowest BCUT2D eigenvalue weighted by molar-refractivity contribution is -0.111. The van der Waals surface area contributed by atoms with Gasteiger partial charge in [-0.05, 0) is 56.7 Å². The van der Waals surface area contributed by atoms with Crippen LogP contribution in [-0.2, 0) is 10.2 Å². The molecular weight excluding hydrogens is 458 g/mol. The quantitative estimate of drug-likeness (QED) is 0.352. The zero-order valence-corrected chi connectivity index (χ0v) is 19.9. The monoisotopic (exact) mass is 485 g/mol. The van der Waals surface area contributed by atoms with Gasteiger partial charge in [-0.1, -0.05) is 6.58 Å². The largest absolute Gasteiger partial charge is 0.357 e. The Morgan fingerprint density at radius 3 is 2.81 bits per heavy atom. The van der Waals surface area contributed by atoms with Gasteiger partial charge in [-0.25, -0.2) is 4.98 Å². The van der Waals surface area contributed by atoms with Crippen LogP contribution in [0.3, 0.4) is 0 Å². The Morgan fingerprint density at radius 1 is 1.17 bits per heavy atom. The van der Waals surface area contributed by atoms with Gasteiger partial charge in [0.25, 0.3) is 11.8 Å². The molecule has 0 saturated carbocycles. The van der Waals surface area contributed by atoms with Crippen LogP contribution in [0, 0.1) is 6.92 Å². The van der Waals surface area contributed by atoms with Crippen LogP contribution in [0.2, 0.25) is 0 Å². The minimum Gasteiger partial charge on any atom is -0.357 e. The molecule has 10 heteroatoms. The fourth-order valence-electron chi connectivity index (χ4n) is 4.80. The highest BCUT2D eigenvalue weighted by atomic mass is 16.2.